The maximum Gasteiger partial charge on any atom is 0.446 e. The van der Waals surface area contributed by atoms with E-state index in [9.17, 15) is 18.3 Å². The van der Waals surface area contributed by atoms with Gasteiger partial charge in [0.25, 0.3) is 0 Å². The van der Waals surface area contributed by atoms with Crippen LogP contribution in [0.2, 0.25) is 0 Å². The van der Waals surface area contributed by atoms with Crippen molar-refractivity contribution < 1.29 is 18.3 Å². The predicted molar refractivity (Wildman–Crippen MR) is 72.6 cm³/mol. The number of halogens is 3. The standard InChI is InChI=1S/C13H17F3N2OS/c14-13(15,16)20-11-3-1-10(2-4-11)12(9-19)18-7-5-17-6-8-18/h1-4,12,17,19H,5-9H2/t12-/m0/s1. The Morgan fingerprint density at radius 1 is 1.20 bits per heavy atom. The first kappa shape index (κ1) is 15.6. The van der Waals surface area contributed by atoms with Crippen LogP contribution in [0.4, 0.5) is 13.2 Å². The quantitative estimate of drug-likeness (QED) is 0.836. The van der Waals surface area contributed by atoms with Crippen molar-refractivity contribution in [3.8, 4) is 0 Å². The largest absolute Gasteiger partial charge is 0.446 e. The van der Waals surface area contributed by atoms with Crippen LogP contribution in [0.5, 0.6) is 0 Å². The van der Waals surface area contributed by atoms with Gasteiger partial charge in [-0.05, 0) is 29.5 Å². The molecule has 0 unspecified atom stereocenters. The monoisotopic (exact) mass is 306 g/mol. The van der Waals surface area contributed by atoms with Crippen molar-refractivity contribution in [3.05, 3.63) is 29.8 Å². The molecule has 0 aromatic heterocycles. The van der Waals surface area contributed by atoms with Crippen molar-refractivity contribution >= 4 is 11.8 Å². The highest BCUT2D eigenvalue weighted by molar-refractivity contribution is 8.00. The fraction of sp³-hybridized carbons (Fsp3) is 0.538. The molecule has 1 saturated heterocycles. The summed E-state index contributed by atoms with van der Waals surface area (Å²) in [6, 6.07) is 6.09. The number of aliphatic hydroxyl groups excluding tert-OH is 1. The third kappa shape index (κ3) is 4.37. The van der Waals surface area contributed by atoms with Crippen LogP contribution in [-0.4, -0.2) is 48.3 Å². The van der Waals surface area contributed by atoms with Gasteiger partial charge >= 0.3 is 5.51 Å². The summed E-state index contributed by atoms with van der Waals surface area (Å²) in [4.78, 5) is 2.31. The van der Waals surface area contributed by atoms with Crippen LogP contribution in [0, 0.1) is 0 Å². The van der Waals surface area contributed by atoms with Crippen molar-refractivity contribution in [1.82, 2.24) is 10.2 Å². The number of thioether (sulfide) groups is 1. The first-order valence-electron chi connectivity index (χ1n) is 6.41. The number of nitrogens with one attached hydrogen (secondary N) is 1. The van der Waals surface area contributed by atoms with Gasteiger partial charge in [0.2, 0.25) is 0 Å². The number of hydrogen-bond donors (Lipinski definition) is 2. The van der Waals surface area contributed by atoms with Gasteiger partial charge in [-0.1, -0.05) is 12.1 Å². The zero-order valence-electron chi connectivity index (χ0n) is 10.9. The highest BCUT2D eigenvalue weighted by atomic mass is 32.2. The summed E-state index contributed by atoms with van der Waals surface area (Å²) in [5.41, 5.74) is -3.42. The first-order valence-corrected chi connectivity index (χ1v) is 7.22. The van der Waals surface area contributed by atoms with Gasteiger partial charge in [-0.25, -0.2) is 0 Å². The average Bonchev–Trinajstić information content (AvgIpc) is 2.41. The molecule has 7 heteroatoms. The minimum Gasteiger partial charge on any atom is -0.394 e. The van der Waals surface area contributed by atoms with E-state index < -0.39 is 5.51 Å². The Labute approximate surface area is 120 Å². The van der Waals surface area contributed by atoms with Crippen LogP contribution in [-0.2, 0) is 0 Å². The van der Waals surface area contributed by atoms with Crippen LogP contribution in [0.1, 0.15) is 11.6 Å². The number of rotatable bonds is 4. The second-order valence-corrected chi connectivity index (χ2v) is 5.74. The molecule has 2 rings (SSSR count). The zero-order valence-corrected chi connectivity index (χ0v) is 11.7. The maximum atomic E-state index is 12.3. The normalized spacial score (nSPS) is 19.0. The fourth-order valence-electron chi connectivity index (χ4n) is 2.32. The van der Waals surface area contributed by atoms with Gasteiger partial charge in [0.15, 0.2) is 0 Å². The van der Waals surface area contributed by atoms with Crippen molar-refractivity contribution in [2.75, 3.05) is 32.8 Å². The van der Waals surface area contributed by atoms with E-state index >= 15 is 0 Å². The number of nitrogens with zero attached hydrogens (tertiary/aromatic N) is 1. The second-order valence-electron chi connectivity index (χ2n) is 4.60. The van der Waals surface area contributed by atoms with Crippen LogP contribution >= 0.6 is 11.8 Å². The van der Waals surface area contributed by atoms with Gasteiger partial charge < -0.3 is 10.4 Å². The third-order valence-electron chi connectivity index (χ3n) is 3.26. The van der Waals surface area contributed by atoms with Crippen LogP contribution in [0.25, 0.3) is 0 Å². The molecule has 1 fully saturated rings. The smallest absolute Gasteiger partial charge is 0.394 e. The fourth-order valence-corrected chi connectivity index (χ4v) is 2.86. The Balaban J connectivity index is 2.06. The third-order valence-corrected chi connectivity index (χ3v) is 4.00. The average molecular weight is 306 g/mol. The van der Waals surface area contributed by atoms with Gasteiger partial charge in [0.05, 0.1) is 12.6 Å². The lowest BCUT2D eigenvalue weighted by atomic mass is 10.1. The molecule has 1 aliphatic heterocycles. The van der Waals surface area contributed by atoms with E-state index in [1.165, 1.54) is 12.1 Å². The van der Waals surface area contributed by atoms with E-state index in [0.717, 1.165) is 31.7 Å². The van der Waals surface area contributed by atoms with Crippen LogP contribution in [0.3, 0.4) is 0 Å². The van der Waals surface area contributed by atoms with Crippen LogP contribution < -0.4 is 5.32 Å². The SMILES string of the molecule is OC[C@@H](c1ccc(SC(F)(F)F)cc1)N1CCNCC1. The van der Waals surface area contributed by atoms with Crippen molar-refractivity contribution in [3.63, 3.8) is 0 Å². The summed E-state index contributed by atoms with van der Waals surface area (Å²) in [5, 5.41) is 12.8. The summed E-state index contributed by atoms with van der Waals surface area (Å²) < 4.78 is 36.8. The topological polar surface area (TPSA) is 35.5 Å². The van der Waals surface area contributed by atoms with Crippen molar-refractivity contribution in [2.24, 2.45) is 0 Å². The molecule has 0 saturated carbocycles. The van der Waals surface area contributed by atoms with Gasteiger partial charge in [-0.2, -0.15) is 13.2 Å². The van der Waals surface area contributed by atoms with Gasteiger partial charge in [-0.3, -0.25) is 4.90 Å². The molecule has 20 heavy (non-hydrogen) atoms. The van der Waals surface area contributed by atoms with E-state index in [-0.39, 0.29) is 29.3 Å². The molecule has 1 aliphatic rings. The molecular formula is C13H17F3N2OS. The van der Waals surface area contributed by atoms with Crippen molar-refractivity contribution in [2.45, 2.75) is 16.4 Å². The molecule has 0 aliphatic carbocycles. The Morgan fingerprint density at radius 3 is 2.30 bits per heavy atom. The lowest BCUT2D eigenvalue weighted by molar-refractivity contribution is -0.0328. The molecule has 112 valence electrons. The number of hydrogen-bond acceptors (Lipinski definition) is 4. The number of benzene rings is 1. The number of alkyl halides is 3. The van der Waals surface area contributed by atoms with E-state index in [2.05, 4.69) is 10.2 Å². The number of aliphatic hydroxyl groups is 1. The van der Waals surface area contributed by atoms with E-state index in [0.29, 0.717) is 0 Å². The molecule has 0 radical (unpaired) electrons. The molecule has 1 heterocycles. The van der Waals surface area contributed by atoms with E-state index in [1.807, 2.05) is 0 Å². The lowest BCUT2D eigenvalue weighted by Gasteiger charge is -2.34. The van der Waals surface area contributed by atoms with Gasteiger partial charge in [0.1, 0.15) is 0 Å². The minimum absolute atomic E-state index is 0.0360. The minimum atomic E-state index is -4.27. The summed E-state index contributed by atoms with van der Waals surface area (Å²) in [6.07, 6.45) is 0. The first-order chi connectivity index (χ1) is 9.49. The zero-order chi connectivity index (χ0) is 14.6. The second kappa shape index (κ2) is 6.80. The Kier molecular flexibility index (Phi) is 5.31. The molecule has 3 nitrogen and oxygen atoms in total. The molecule has 0 bridgehead atoms. The molecule has 0 spiro atoms. The van der Waals surface area contributed by atoms with E-state index in [4.69, 9.17) is 0 Å². The summed E-state index contributed by atoms with van der Waals surface area (Å²) in [7, 11) is 0. The summed E-state index contributed by atoms with van der Waals surface area (Å²) >= 11 is -0.122. The summed E-state index contributed by atoms with van der Waals surface area (Å²) in [6.45, 7) is 3.33. The predicted octanol–water partition coefficient (Wildman–Crippen LogP) is 2.24. The molecule has 1 aromatic carbocycles. The highest BCUT2D eigenvalue weighted by Gasteiger charge is 2.29. The number of piperazine rings is 1. The summed E-state index contributed by atoms with van der Waals surface area (Å²) in [5.74, 6) is 0. The maximum absolute atomic E-state index is 12.3. The van der Waals surface area contributed by atoms with Crippen LogP contribution in [0.15, 0.2) is 29.2 Å². The van der Waals surface area contributed by atoms with Crippen molar-refractivity contribution in [1.29, 1.82) is 0 Å². The lowest BCUT2D eigenvalue weighted by Crippen LogP contribution is -2.46. The van der Waals surface area contributed by atoms with Gasteiger partial charge in [-0.15, -0.1) is 0 Å². The molecule has 2 N–H and O–H groups in total. The highest BCUT2D eigenvalue weighted by Crippen LogP contribution is 2.37. The molecule has 1 atom stereocenters. The van der Waals surface area contributed by atoms with E-state index in [1.54, 1.807) is 12.1 Å². The molecule has 0 amide bonds. The molecular weight excluding hydrogens is 289 g/mol. The Hall–Kier alpha value is -0.760. The van der Waals surface area contributed by atoms with Gasteiger partial charge in [0, 0.05) is 31.1 Å². The Bertz CT molecular complexity index is 419. The Morgan fingerprint density at radius 2 is 1.80 bits per heavy atom. The molecule has 1 aromatic rings.